The first-order valence-electron chi connectivity index (χ1n) is 16.4. The summed E-state index contributed by atoms with van der Waals surface area (Å²) in [5.41, 5.74) is 3.33. The summed E-state index contributed by atoms with van der Waals surface area (Å²) in [6.45, 7) is 1.33. The minimum Gasteiger partial charge on any atom is -0.455 e. The number of aromatic nitrogens is 2. The van der Waals surface area contributed by atoms with Crippen molar-refractivity contribution >= 4 is 32.6 Å². The van der Waals surface area contributed by atoms with E-state index < -0.39 is 22.1 Å². The van der Waals surface area contributed by atoms with Crippen molar-refractivity contribution in [2.24, 2.45) is 5.92 Å². The SMILES string of the molecule is N#Cc1cc(S(=O)(=O)Nc2ncns2)ccc1Oc1ccc(-c2ccccc2)cc1-c1cccc(CN(CCC2CCNCC2)C(=O)C(F)(F)F)c1. The summed E-state index contributed by atoms with van der Waals surface area (Å²) in [5.74, 6) is -1.25. The van der Waals surface area contributed by atoms with E-state index in [9.17, 15) is 31.6 Å². The quantitative estimate of drug-likeness (QED) is 0.133. The third-order valence-electron chi connectivity index (χ3n) is 8.68. The molecule has 15 heteroatoms. The van der Waals surface area contributed by atoms with E-state index in [1.807, 2.05) is 48.5 Å². The molecule has 0 saturated carbocycles. The number of carbonyl (C=O) groups is 1. The fourth-order valence-corrected chi connectivity index (χ4v) is 7.70. The Morgan fingerprint density at radius 2 is 1.71 bits per heavy atom. The van der Waals surface area contributed by atoms with Crippen LogP contribution in [0.4, 0.5) is 18.3 Å². The lowest BCUT2D eigenvalue weighted by Crippen LogP contribution is -2.42. The maximum atomic E-state index is 13.7. The minimum atomic E-state index is -5.02. The molecule has 2 heterocycles. The summed E-state index contributed by atoms with van der Waals surface area (Å²) in [6, 6.07) is 27.7. The molecule has 0 unspecified atom stereocenters. The number of piperidine rings is 1. The van der Waals surface area contributed by atoms with Gasteiger partial charge in [0, 0.05) is 30.2 Å². The summed E-state index contributed by atoms with van der Waals surface area (Å²) in [4.78, 5) is 17.1. The highest BCUT2D eigenvalue weighted by atomic mass is 32.2. The minimum absolute atomic E-state index is 0.0238. The van der Waals surface area contributed by atoms with E-state index in [1.54, 1.807) is 30.3 Å². The van der Waals surface area contributed by atoms with Gasteiger partial charge >= 0.3 is 12.1 Å². The molecule has 0 radical (unpaired) electrons. The molecule has 268 valence electrons. The summed E-state index contributed by atoms with van der Waals surface area (Å²) < 4.78 is 79.5. The first-order chi connectivity index (χ1) is 25.0. The van der Waals surface area contributed by atoms with Crippen LogP contribution in [0.2, 0.25) is 0 Å². The second-order valence-corrected chi connectivity index (χ2v) is 14.7. The van der Waals surface area contributed by atoms with Gasteiger partial charge in [-0.25, -0.2) is 13.4 Å². The highest BCUT2D eigenvalue weighted by Crippen LogP contribution is 2.39. The number of nitrogens with zero attached hydrogens (tertiary/aromatic N) is 4. The number of nitriles is 1. The van der Waals surface area contributed by atoms with Crippen molar-refractivity contribution in [3.05, 3.63) is 108 Å². The molecule has 4 aromatic carbocycles. The van der Waals surface area contributed by atoms with Crippen molar-refractivity contribution in [2.45, 2.75) is 36.9 Å². The lowest BCUT2D eigenvalue weighted by atomic mass is 9.94. The fraction of sp³-hybridized carbons (Fsp3) is 0.243. The topological polar surface area (TPSA) is 137 Å². The molecule has 1 fully saturated rings. The van der Waals surface area contributed by atoms with E-state index in [2.05, 4.69) is 19.4 Å². The van der Waals surface area contributed by atoms with Crippen molar-refractivity contribution < 1.29 is 31.1 Å². The van der Waals surface area contributed by atoms with Crippen LogP contribution >= 0.6 is 11.5 Å². The Hall–Kier alpha value is -5.30. The predicted molar refractivity (Wildman–Crippen MR) is 191 cm³/mol. The Morgan fingerprint density at radius 1 is 0.962 bits per heavy atom. The van der Waals surface area contributed by atoms with E-state index in [1.165, 1.54) is 24.5 Å². The van der Waals surface area contributed by atoms with E-state index >= 15 is 0 Å². The summed E-state index contributed by atoms with van der Waals surface area (Å²) in [5, 5.41) is 13.3. The first-order valence-corrected chi connectivity index (χ1v) is 18.6. The average molecular weight is 747 g/mol. The van der Waals surface area contributed by atoms with Crippen molar-refractivity contribution in [3.8, 4) is 39.8 Å². The lowest BCUT2D eigenvalue weighted by Gasteiger charge is -2.28. The summed E-state index contributed by atoms with van der Waals surface area (Å²) >= 11 is 0.860. The Balaban J connectivity index is 1.33. The van der Waals surface area contributed by atoms with Crippen molar-refractivity contribution in [2.75, 3.05) is 24.4 Å². The maximum absolute atomic E-state index is 13.7. The molecule has 2 N–H and O–H groups in total. The Bertz CT molecular complexity index is 2170. The fourth-order valence-electron chi connectivity index (χ4n) is 6.02. The van der Waals surface area contributed by atoms with Gasteiger partial charge in [-0.1, -0.05) is 54.6 Å². The molecule has 0 aliphatic carbocycles. The molecule has 1 aromatic heterocycles. The first kappa shape index (κ1) is 36.5. The molecule has 1 saturated heterocycles. The number of halogens is 3. The number of nitrogens with one attached hydrogen (secondary N) is 2. The van der Waals surface area contributed by atoms with E-state index in [0.717, 1.165) is 53.5 Å². The van der Waals surface area contributed by atoms with Gasteiger partial charge in [0.25, 0.3) is 10.0 Å². The smallest absolute Gasteiger partial charge is 0.455 e. The normalized spacial score (nSPS) is 13.7. The molecular formula is C37H33F3N6O4S2. The molecule has 0 bridgehead atoms. The molecule has 6 rings (SSSR count). The largest absolute Gasteiger partial charge is 0.471 e. The Morgan fingerprint density at radius 3 is 2.42 bits per heavy atom. The molecule has 0 atom stereocenters. The molecule has 1 aliphatic heterocycles. The number of hydrogen-bond donors (Lipinski definition) is 2. The second-order valence-electron chi connectivity index (χ2n) is 12.2. The van der Waals surface area contributed by atoms with Crippen LogP contribution < -0.4 is 14.8 Å². The van der Waals surface area contributed by atoms with E-state index in [-0.39, 0.29) is 40.3 Å². The lowest BCUT2D eigenvalue weighted by molar-refractivity contribution is -0.186. The number of benzene rings is 4. The number of rotatable bonds is 12. The van der Waals surface area contributed by atoms with Crippen LogP contribution in [-0.2, 0) is 21.4 Å². The van der Waals surface area contributed by atoms with Crippen LogP contribution in [0, 0.1) is 17.2 Å². The van der Waals surface area contributed by atoms with Gasteiger partial charge in [-0.3, -0.25) is 9.52 Å². The van der Waals surface area contributed by atoms with Gasteiger partial charge < -0.3 is 15.0 Å². The molecule has 10 nitrogen and oxygen atoms in total. The summed E-state index contributed by atoms with van der Waals surface area (Å²) in [7, 11) is -4.08. The molecule has 1 amide bonds. The second kappa shape index (κ2) is 15.9. The van der Waals surface area contributed by atoms with Gasteiger partial charge in [0.2, 0.25) is 5.13 Å². The molecule has 52 heavy (non-hydrogen) atoms. The number of anilines is 1. The third-order valence-corrected chi connectivity index (χ3v) is 10.7. The highest BCUT2D eigenvalue weighted by Gasteiger charge is 2.42. The van der Waals surface area contributed by atoms with Crippen LogP contribution in [0.3, 0.4) is 0 Å². The summed E-state index contributed by atoms with van der Waals surface area (Å²) in [6.07, 6.45) is -1.64. The zero-order valence-corrected chi connectivity index (χ0v) is 29.3. The highest BCUT2D eigenvalue weighted by molar-refractivity contribution is 7.93. The number of carbonyl (C=O) groups excluding carboxylic acids is 1. The van der Waals surface area contributed by atoms with Gasteiger partial charge in [-0.2, -0.15) is 22.8 Å². The zero-order valence-electron chi connectivity index (χ0n) is 27.6. The maximum Gasteiger partial charge on any atom is 0.471 e. The number of amides is 1. The zero-order chi connectivity index (χ0) is 36.7. The Kier molecular flexibility index (Phi) is 11.2. The Labute approximate surface area is 303 Å². The van der Waals surface area contributed by atoms with Crippen LogP contribution in [0.5, 0.6) is 11.5 Å². The van der Waals surface area contributed by atoms with Crippen LogP contribution in [0.15, 0.2) is 102 Å². The van der Waals surface area contributed by atoms with Crippen LogP contribution in [0.1, 0.15) is 30.4 Å². The van der Waals surface area contributed by atoms with Crippen molar-refractivity contribution in [1.29, 1.82) is 5.26 Å². The van der Waals surface area contributed by atoms with Gasteiger partial charge in [0.15, 0.2) is 0 Å². The standard InChI is InChI=1S/C37H33F3N6O4S2/c38-37(39,40)35(47)46(18-15-25-13-16-42-17-14-25)23-26-5-4-8-29(19-26)32-21-28(27-6-2-1-3-7-27)9-11-34(32)50-33-12-10-31(20-30(33)22-41)52(48,49)45-36-43-24-44-51-36/h1-12,19-21,24-25,42H,13-18,23H2,(H,43,44,45). The monoisotopic (exact) mass is 746 g/mol. The number of hydrogen-bond acceptors (Lipinski definition) is 9. The van der Waals surface area contributed by atoms with Crippen molar-refractivity contribution in [3.63, 3.8) is 0 Å². The van der Waals surface area contributed by atoms with Crippen LogP contribution in [-0.4, -0.2) is 54.4 Å². The van der Waals surface area contributed by atoms with Gasteiger partial charge in [0.1, 0.15) is 23.9 Å². The number of ether oxygens (including phenoxy) is 1. The molecule has 5 aromatic rings. The molecule has 0 spiro atoms. The van der Waals surface area contributed by atoms with Crippen molar-refractivity contribution in [1.82, 2.24) is 19.6 Å². The average Bonchev–Trinajstić information content (AvgIpc) is 3.66. The van der Waals surface area contributed by atoms with E-state index in [4.69, 9.17) is 4.74 Å². The van der Waals surface area contributed by atoms with Gasteiger partial charge in [-0.05, 0) is 96.9 Å². The molecule has 1 aliphatic rings. The van der Waals surface area contributed by atoms with E-state index in [0.29, 0.717) is 28.9 Å². The van der Waals surface area contributed by atoms with Crippen LogP contribution in [0.25, 0.3) is 22.3 Å². The number of sulfonamides is 1. The van der Waals surface area contributed by atoms with Gasteiger partial charge in [0.05, 0.1) is 10.5 Å². The third kappa shape index (κ3) is 8.94. The van der Waals surface area contributed by atoms with Gasteiger partial charge in [-0.15, -0.1) is 0 Å². The predicted octanol–water partition coefficient (Wildman–Crippen LogP) is 7.62. The molecular weight excluding hydrogens is 714 g/mol. The number of alkyl halides is 3.